The molecule has 1 saturated heterocycles. The van der Waals surface area contributed by atoms with Crippen molar-refractivity contribution in [1.82, 2.24) is 25.1 Å². The Bertz CT molecular complexity index is 674. The lowest BCUT2D eigenvalue weighted by molar-refractivity contribution is 0.0346. The molecule has 1 aliphatic carbocycles. The Kier molecular flexibility index (Phi) is 5.66. The van der Waals surface area contributed by atoms with Crippen LogP contribution in [-0.4, -0.2) is 51.9 Å². The maximum Gasteiger partial charge on any atom is 0.173 e. The van der Waals surface area contributed by atoms with Gasteiger partial charge in [0.1, 0.15) is 6.04 Å². The number of hydrogen-bond donors (Lipinski definition) is 0. The normalized spacial score (nSPS) is 21.9. The molecule has 0 aromatic carbocycles. The fourth-order valence-electron chi connectivity index (χ4n) is 4.84. The molecule has 2 aliphatic rings. The minimum Gasteiger partial charge on any atom is -0.383 e. The van der Waals surface area contributed by atoms with Gasteiger partial charge < -0.3 is 4.74 Å². The number of nitrogens with zero attached hydrogens (tertiary/aromatic N) is 5. The van der Waals surface area contributed by atoms with Crippen LogP contribution < -0.4 is 0 Å². The Morgan fingerprint density at radius 2 is 2.08 bits per heavy atom. The first-order valence-electron chi connectivity index (χ1n) is 9.84. The van der Waals surface area contributed by atoms with E-state index in [9.17, 15) is 0 Å². The number of tetrazole rings is 1. The average molecular weight is 376 g/mol. The summed E-state index contributed by atoms with van der Waals surface area (Å²) in [5.41, 5.74) is 0.511. The van der Waals surface area contributed by atoms with Gasteiger partial charge in [0.2, 0.25) is 0 Å². The fourth-order valence-corrected chi connectivity index (χ4v) is 5.69. The van der Waals surface area contributed by atoms with E-state index in [0.29, 0.717) is 18.6 Å². The van der Waals surface area contributed by atoms with Crippen molar-refractivity contribution in [3.05, 3.63) is 28.2 Å². The summed E-state index contributed by atoms with van der Waals surface area (Å²) in [7, 11) is 1.72. The molecule has 1 unspecified atom stereocenters. The molecule has 4 rings (SSSR count). The molecule has 2 aromatic heterocycles. The van der Waals surface area contributed by atoms with Crippen LogP contribution in [0.1, 0.15) is 61.7 Å². The zero-order valence-electron chi connectivity index (χ0n) is 15.6. The predicted octanol–water partition coefficient (Wildman–Crippen LogP) is 3.52. The molecule has 1 atom stereocenters. The molecule has 1 saturated carbocycles. The number of hydrogen-bond acceptors (Lipinski definition) is 6. The second-order valence-electron chi connectivity index (χ2n) is 7.81. The largest absolute Gasteiger partial charge is 0.383 e. The van der Waals surface area contributed by atoms with E-state index < -0.39 is 0 Å². The fraction of sp³-hybridized carbons (Fsp3) is 0.737. The molecular formula is C19H29N5OS. The van der Waals surface area contributed by atoms with Crippen molar-refractivity contribution in [2.24, 2.45) is 5.41 Å². The van der Waals surface area contributed by atoms with Gasteiger partial charge in [0.15, 0.2) is 5.82 Å². The third kappa shape index (κ3) is 3.70. The lowest BCUT2D eigenvalue weighted by Gasteiger charge is -2.47. The number of methoxy groups -OCH3 is 1. The molecule has 0 N–H and O–H groups in total. The van der Waals surface area contributed by atoms with E-state index in [0.717, 1.165) is 12.4 Å². The second-order valence-corrected chi connectivity index (χ2v) is 8.78. The zero-order valence-corrected chi connectivity index (χ0v) is 16.5. The van der Waals surface area contributed by atoms with Crippen LogP contribution in [0.25, 0.3) is 0 Å². The Balaban J connectivity index is 1.63. The number of ether oxygens (including phenoxy) is 1. The lowest BCUT2D eigenvalue weighted by atomic mass is 9.69. The van der Waals surface area contributed by atoms with Crippen LogP contribution in [0.15, 0.2) is 17.5 Å². The molecule has 6 nitrogen and oxygen atoms in total. The lowest BCUT2D eigenvalue weighted by Crippen LogP contribution is -2.46. The van der Waals surface area contributed by atoms with E-state index in [1.54, 1.807) is 7.11 Å². The Morgan fingerprint density at radius 3 is 2.85 bits per heavy atom. The van der Waals surface area contributed by atoms with Gasteiger partial charge in [-0.1, -0.05) is 25.3 Å². The van der Waals surface area contributed by atoms with E-state index in [4.69, 9.17) is 4.74 Å². The van der Waals surface area contributed by atoms with Crippen molar-refractivity contribution >= 4 is 11.3 Å². The van der Waals surface area contributed by atoms with E-state index in [1.807, 2.05) is 16.0 Å². The highest BCUT2D eigenvalue weighted by Crippen LogP contribution is 2.46. The molecule has 142 valence electrons. The SMILES string of the molecule is COCCn1nnnc1C(c1cccs1)N1CCCC2(CCCCC2)C1. The Labute approximate surface area is 159 Å². The monoisotopic (exact) mass is 375 g/mol. The first-order chi connectivity index (χ1) is 12.8. The van der Waals surface area contributed by atoms with Gasteiger partial charge in [0, 0.05) is 18.5 Å². The van der Waals surface area contributed by atoms with Gasteiger partial charge in [0.25, 0.3) is 0 Å². The van der Waals surface area contributed by atoms with Crippen molar-refractivity contribution < 1.29 is 4.74 Å². The quantitative estimate of drug-likeness (QED) is 0.773. The maximum atomic E-state index is 5.25. The highest BCUT2D eigenvalue weighted by atomic mass is 32.1. The number of piperidine rings is 1. The summed E-state index contributed by atoms with van der Waals surface area (Å²) >= 11 is 1.81. The van der Waals surface area contributed by atoms with Gasteiger partial charge in [-0.3, -0.25) is 4.90 Å². The molecule has 26 heavy (non-hydrogen) atoms. The summed E-state index contributed by atoms with van der Waals surface area (Å²) in [6.45, 7) is 3.62. The minimum absolute atomic E-state index is 0.154. The number of likely N-dealkylation sites (tertiary alicyclic amines) is 1. The molecule has 0 bridgehead atoms. The summed E-state index contributed by atoms with van der Waals surface area (Å²) < 4.78 is 7.18. The van der Waals surface area contributed by atoms with Gasteiger partial charge in [0.05, 0.1) is 13.2 Å². The van der Waals surface area contributed by atoms with Gasteiger partial charge in [-0.2, -0.15) is 0 Å². The molecule has 0 amide bonds. The van der Waals surface area contributed by atoms with Crippen LogP contribution in [0.4, 0.5) is 0 Å². The first-order valence-corrected chi connectivity index (χ1v) is 10.7. The van der Waals surface area contributed by atoms with Crippen molar-refractivity contribution in [3.8, 4) is 0 Å². The van der Waals surface area contributed by atoms with E-state index >= 15 is 0 Å². The van der Waals surface area contributed by atoms with Crippen molar-refractivity contribution in [2.75, 3.05) is 26.8 Å². The van der Waals surface area contributed by atoms with Crippen molar-refractivity contribution in [1.29, 1.82) is 0 Å². The standard InChI is InChI=1S/C19H29N5OS/c1-25-13-12-24-18(20-21-22-24)17(16-7-5-14-26-16)23-11-6-10-19(15-23)8-3-2-4-9-19/h5,7,14,17H,2-4,6,8-13,15H2,1H3. The smallest absolute Gasteiger partial charge is 0.173 e. The first kappa shape index (κ1) is 18.1. The number of rotatable bonds is 6. The van der Waals surface area contributed by atoms with Gasteiger partial charge in [-0.05, 0) is 59.5 Å². The van der Waals surface area contributed by atoms with E-state index in [-0.39, 0.29) is 6.04 Å². The molecular weight excluding hydrogens is 346 g/mol. The third-order valence-electron chi connectivity index (χ3n) is 6.09. The average Bonchev–Trinajstić information content (AvgIpc) is 3.34. The van der Waals surface area contributed by atoms with Crippen LogP contribution in [0, 0.1) is 5.41 Å². The molecule has 1 spiro atoms. The van der Waals surface area contributed by atoms with E-state index in [1.165, 1.54) is 56.4 Å². The highest BCUT2D eigenvalue weighted by molar-refractivity contribution is 7.10. The molecule has 3 heterocycles. The van der Waals surface area contributed by atoms with Gasteiger partial charge in [-0.25, -0.2) is 4.68 Å². The zero-order chi connectivity index (χ0) is 17.8. The summed E-state index contributed by atoms with van der Waals surface area (Å²) in [4.78, 5) is 3.99. The van der Waals surface area contributed by atoms with Crippen molar-refractivity contribution in [2.45, 2.75) is 57.5 Å². The predicted molar refractivity (Wildman–Crippen MR) is 102 cm³/mol. The molecule has 2 aromatic rings. The Hall–Kier alpha value is -1.31. The summed E-state index contributed by atoms with van der Waals surface area (Å²) in [6.07, 6.45) is 9.62. The van der Waals surface area contributed by atoms with E-state index in [2.05, 4.69) is 37.9 Å². The summed E-state index contributed by atoms with van der Waals surface area (Å²) in [6, 6.07) is 4.52. The van der Waals surface area contributed by atoms with Crippen molar-refractivity contribution in [3.63, 3.8) is 0 Å². The van der Waals surface area contributed by atoms with Crippen LogP contribution in [-0.2, 0) is 11.3 Å². The Morgan fingerprint density at radius 1 is 1.23 bits per heavy atom. The summed E-state index contributed by atoms with van der Waals surface area (Å²) in [5, 5.41) is 14.8. The second kappa shape index (κ2) is 8.15. The minimum atomic E-state index is 0.154. The molecule has 7 heteroatoms. The molecule has 2 fully saturated rings. The number of thiophene rings is 1. The van der Waals surface area contributed by atoms with Crippen LogP contribution in [0.5, 0.6) is 0 Å². The maximum absolute atomic E-state index is 5.25. The van der Waals surface area contributed by atoms with Crippen LogP contribution in [0.3, 0.4) is 0 Å². The van der Waals surface area contributed by atoms with Crippen LogP contribution in [0.2, 0.25) is 0 Å². The number of aromatic nitrogens is 4. The van der Waals surface area contributed by atoms with Gasteiger partial charge >= 0.3 is 0 Å². The third-order valence-corrected chi connectivity index (χ3v) is 7.02. The molecule has 0 radical (unpaired) electrons. The highest BCUT2D eigenvalue weighted by Gasteiger charge is 2.40. The summed E-state index contributed by atoms with van der Waals surface area (Å²) in [5.74, 6) is 0.956. The van der Waals surface area contributed by atoms with Gasteiger partial charge in [-0.15, -0.1) is 16.4 Å². The van der Waals surface area contributed by atoms with Crippen LogP contribution >= 0.6 is 11.3 Å². The topological polar surface area (TPSA) is 56.1 Å². The molecule has 1 aliphatic heterocycles.